The van der Waals surface area contributed by atoms with E-state index in [1.54, 1.807) is 36.7 Å². The van der Waals surface area contributed by atoms with Crippen LogP contribution in [0, 0.1) is 0 Å². The lowest BCUT2D eigenvalue weighted by atomic mass is 10.2. The highest BCUT2D eigenvalue weighted by molar-refractivity contribution is 7.99. The normalized spacial score (nSPS) is 12.3. The minimum Gasteiger partial charge on any atom is -0.329 e. The third kappa shape index (κ3) is 2.77. The number of nitrogens with zero attached hydrogens (tertiary/aromatic N) is 3. The van der Waals surface area contributed by atoms with Gasteiger partial charge in [-0.05, 0) is 23.8 Å². The minimum absolute atomic E-state index is 0.206. The van der Waals surface area contributed by atoms with E-state index in [1.807, 2.05) is 18.2 Å². The Balaban J connectivity index is 2.13. The van der Waals surface area contributed by atoms with Crippen molar-refractivity contribution in [1.29, 1.82) is 0 Å². The van der Waals surface area contributed by atoms with Crippen LogP contribution in [0.2, 0.25) is 0 Å². The molecule has 2 aromatic heterocycles. The molecule has 0 fully saturated rings. The van der Waals surface area contributed by atoms with Gasteiger partial charge in [0.15, 0.2) is 0 Å². The summed E-state index contributed by atoms with van der Waals surface area (Å²) in [5.41, 5.74) is 6.94. The van der Waals surface area contributed by atoms with Crippen LogP contribution in [0.15, 0.2) is 48.1 Å². The standard InChI is InChI=1S/C11H12N4S/c12-7-10(9-1-4-13-5-2-9)16-11-3-6-14-8-15-11/h1-6,8,10H,7,12H2. The molecule has 2 aromatic rings. The van der Waals surface area contributed by atoms with Crippen LogP contribution >= 0.6 is 11.8 Å². The highest BCUT2D eigenvalue weighted by Crippen LogP contribution is 2.32. The molecule has 0 aliphatic heterocycles. The molecule has 0 aliphatic rings. The Bertz CT molecular complexity index is 421. The third-order valence-electron chi connectivity index (χ3n) is 2.11. The number of rotatable bonds is 4. The summed E-state index contributed by atoms with van der Waals surface area (Å²) < 4.78 is 0. The Morgan fingerprint density at radius 1 is 1.12 bits per heavy atom. The Hall–Kier alpha value is -1.46. The Morgan fingerprint density at radius 2 is 1.88 bits per heavy atom. The SMILES string of the molecule is NCC(Sc1ccncn1)c1ccncc1. The monoisotopic (exact) mass is 232 g/mol. The van der Waals surface area contributed by atoms with Crippen molar-refractivity contribution in [2.24, 2.45) is 5.73 Å². The van der Waals surface area contributed by atoms with Crippen molar-refractivity contribution in [3.8, 4) is 0 Å². The zero-order chi connectivity index (χ0) is 11.2. The van der Waals surface area contributed by atoms with Crippen LogP contribution in [0.25, 0.3) is 0 Å². The van der Waals surface area contributed by atoms with Gasteiger partial charge in [-0.2, -0.15) is 0 Å². The fraction of sp³-hybridized carbons (Fsp3) is 0.182. The van der Waals surface area contributed by atoms with E-state index in [4.69, 9.17) is 5.73 Å². The molecule has 0 saturated carbocycles. The molecule has 0 aliphatic carbocycles. The van der Waals surface area contributed by atoms with Crippen LogP contribution in [0.3, 0.4) is 0 Å². The predicted octanol–water partition coefficient (Wildman–Crippen LogP) is 1.66. The van der Waals surface area contributed by atoms with Gasteiger partial charge in [0.2, 0.25) is 0 Å². The van der Waals surface area contributed by atoms with Crippen LogP contribution in [0.4, 0.5) is 0 Å². The molecule has 2 N–H and O–H groups in total. The van der Waals surface area contributed by atoms with E-state index in [2.05, 4.69) is 15.0 Å². The topological polar surface area (TPSA) is 64.7 Å². The van der Waals surface area contributed by atoms with Gasteiger partial charge >= 0.3 is 0 Å². The second-order valence-corrected chi connectivity index (χ2v) is 4.39. The molecule has 0 amide bonds. The van der Waals surface area contributed by atoms with Gasteiger partial charge in [0.05, 0.1) is 5.03 Å². The van der Waals surface area contributed by atoms with E-state index in [0.29, 0.717) is 6.54 Å². The van der Waals surface area contributed by atoms with E-state index >= 15 is 0 Å². The molecule has 82 valence electrons. The number of hydrogen-bond donors (Lipinski definition) is 1. The van der Waals surface area contributed by atoms with Crippen LogP contribution in [-0.4, -0.2) is 21.5 Å². The van der Waals surface area contributed by atoms with Gasteiger partial charge < -0.3 is 5.73 Å². The number of hydrogen-bond acceptors (Lipinski definition) is 5. The van der Waals surface area contributed by atoms with E-state index in [1.165, 1.54) is 5.56 Å². The van der Waals surface area contributed by atoms with Gasteiger partial charge in [0, 0.05) is 30.4 Å². The minimum atomic E-state index is 0.206. The second kappa shape index (κ2) is 5.58. The van der Waals surface area contributed by atoms with Crippen molar-refractivity contribution in [2.75, 3.05) is 6.54 Å². The number of thioether (sulfide) groups is 1. The lowest BCUT2D eigenvalue weighted by Crippen LogP contribution is -2.09. The Morgan fingerprint density at radius 3 is 2.50 bits per heavy atom. The maximum atomic E-state index is 5.77. The van der Waals surface area contributed by atoms with E-state index in [-0.39, 0.29) is 5.25 Å². The summed E-state index contributed by atoms with van der Waals surface area (Å²) in [6.07, 6.45) is 6.83. The fourth-order valence-electron chi connectivity index (χ4n) is 1.32. The zero-order valence-corrected chi connectivity index (χ0v) is 9.47. The molecule has 5 heteroatoms. The van der Waals surface area contributed by atoms with Crippen LogP contribution in [0.1, 0.15) is 10.8 Å². The van der Waals surface area contributed by atoms with E-state index in [9.17, 15) is 0 Å². The van der Waals surface area contributed by atoms with Gasteiger partial charge in [0.1, 0.15) is 6.33 Å². The summed E-state index contributed by atoms with van der Waals surface area (Å²) in [6.45, 7) is 0.568. The molecule has 0 radical (unpaired) electrons. The maximum absolute atomic E-state index is 5.77. The summed E-state index contributed by atoms with van der Waals surface area (Å²) in [7, 11) is 0. The Labute approximate surface area is 98.3 Å². The van der Waals surface area contributed by atoms with Gasteiger partial charge in [-0.3, -0.25) is 4.98 Å². The largest absolute Gasteiger partial charge is 0.329 e. The first-order valence-electron chi connectivity index (χ1n) is 4.93. The molecule has 16 heavy (non-hydrogen) atoms. The van der Waals surface area contributed by atoms with Gasteiger partial charge in [-0.25, -0.2) is 9.97 Å². The first kappa shape index (κ1) is 11.0. The Kier molecular flexibility index (Phi) is 3.85. The van der Waals surface area contributed by atoms with Crippen LogP contribution in [-0.2, 0) is 0 Å². The maximum Gasteiger partial charge on any atom is 0.116 e. The van der Waals surface area contributed by atoms with Gasteiger partial charge in [0.25, 0.3) is 0 Å². The zero-order valence-electron chi connectivity index (χ0n) is 8.65. The molecule has 4 nitrogen and oxygen atoms in total. The molecule has 0 bridgehead atoms. The number of aromatic nitrogens is 3. The summed E-state index contributed by atoms with van der Waals surface area (Å²) >= 11 is 1.64. The van der Waals surface area contributed by atoms with E-state index in [0.717, 1.165) is 5.03 Å². The summed E-state index contributed by atoms with van der Waals surface area (Å²) in [4.78, 5) is 12.1. The van der Waals surface area contributed by atoms with Crippen molar-refractivity contribution >= 4 is 11.8 Å². The molecular formula is C11H12N4S. The smallest absolute Gasteiger partial charge is 0.116 e. The highest BCUT2D eigenvalue weighted by Gasteiger charge is 2.11. The van der Waals surface area contributed by atoms with Gasteiger partial charge in [-0.1, -0.05) is 11.8 Å². The average molecular weight is 232 g/mol. The quantitative estimate of drug-likeness (QED) is 0.641. The first-order valence-corrected chi connectivity index (χ1v) is 5.81. The van der Waals surface area contributed by atoms with E-state index < -0.39 is 0 Å². The van der Waals surface area contributed by atoms with Crippen LogP contribution < -0.4 is 5.73 Å². The number of pyridine rings is 1. The highest BCUT2D eigenvalue weighted by atomic mass is 32.2. The van der Waals surface area contributed by atoms with Crippen molar-refractivity contribution in [1.82, 2.24) is 15.0 Å². The molecule has 0 aromatic carbocycles. The van der Waals surface area contributed by atoms with Gasteiger partial charge in [-0.15, -0.1) is 0 Å². The van der Waals surface area contributed by atoms with Crippen molar-refractivity contribution in [3.05, 3.63) is 48.7 Å². The molecule has 0 spiro atoms. The van der Waals surface area contributed by atoms with Crippen LogP contribution in [0.5, 0.6) is 0 Å². The molecule has 1 atom stereocenters. The van der Waals surface area contributed by atoms with Crippen molar-refractivity contribution in [2.45, 2.75) is 10.3 Å². The lowest BCUT2D eigenvalue weighted by molar-refractivity contribution is 0.927. The molecule has 0 saturated heterocycles. The number of nitrogens with two attached hydrogens (primary N) is 1. The summed E-state index contributed by atoms with van der Waals surface area (Å²) in [6, 6.07) is 5.84. The fourth-order valence-corrected chi connectivity index (χ4v) is 2.25. The third-order valence-corrected chi connectivity index (χ3v) is 3.34. The van der Waals surface area contributed by atoms with Crippen molar-refractivity contribution < 1.29 is 0 Å². The predicted molar refractivity (Wildman–Crippen MR) is 63.9 cm³/mol. The average Bonchev–Trinajstić information content (AvgIpc) is 2.38. The van der Waals surface area contributed by atoms with Crippen molar-refractivity contribution in [3.63, 3.8) is 0 Å². The lowest BCUT2D eigenvalue weighted by Gasteiger charge is -2.13. The summed E-state index contributed by atoms with van der Waals surface area (Å²) in [5, 5.41) is 1.14. The molecule has 2 heterocycles. The second-order valence-electron chi connectivity index (χ2n) is 3.17. The molecule has 2 rings (SSSR count). The molecule has 1 unspecified atom stereocenters. The first-order chi connectivity index (χ1) is 7.90. The summed E-state index contributed by atoms with van der Waals surface area (Å²) in [5.74, 6) is 0. The molecular weight excluding hydrogens is 220 g/mol.